The lowest BCUT2D eigenvalue weighted by Crippen LogP contribution is -2.71. The van der Waals surface area contributed by atoms with Gasteiger partial charge in [0.1, 0.15) is 0 Å². The van der Waals surface area contributed by atoms with Crippen LogP contribution in [0.5, 0.6) is 0 Å². The minimum absolute atomic E-state index is 0.0422. The summed E-state index contributed by atoms with van der Waals surface area (Å²) in [5.41, 5.74) is 3.06. The second-order valence-electron chi connectivity index (χ2n) is 8.07. The van der Waals surface area contributed by atoms with Gasteiger partial charge in [-0.2, -0.15) is 5.10 Å². The average Bonchev–Trinajstić information content (AvgIpc) is 2.80. The number of hydrogen-bond donors (Lipinski definition) is 2. The van der Waals surface area contributed by atoms with Gasteiger partial charge in [-0.15, -0.1) is 0 Å². The van der Waals surface area contributed by atoms with Gasteiger partial charge in [0.2, 0.25) is 11.8 Å². The molecule has 1 spiro atoms. The van der Waals surface area contributed by atoms with Gasteiger partial charge in [-0.05, 0) is 53.0 Å². The maximum Gasteiger partial charge on any atom is 0.243 e. The minimum atomic E-state index is -0.126. The van der Waals surface area contributed by atoms with Gasteiger partial charge in [-0.1, -0.05) is 13.0 Å². The lowest BCUT2D eigenvalue weighted by Gasteiger charge is -2.61. The molecule has 1 aromatic rings. The highest BCUT2D eigenvalue weighted by atomic mass is 16.2. The first-order valence-corrected chi connectivity index (χ1v) is 9.55. The molecule has 6 heteroatoms. The quantitative estimate of drug-likeness (QED) is 0.767. The second-order valence-corrected chi connectivity index (χ2v) is 8.07. The Morgan fingerprint density at radius 1 is 1.31 bits per heavy atom. The molecule has 0 radical (unpaired) electrons. The summed E-state index contributed by atoms with van der Waals surface area (Å²) >= 11 is 0. The van der Waals surface area contributed by atoms with Gasteiger partial charge < -0.3 is 10.6 Å². The second kappa shape index (κ2) is 6.89. The zero-order chi connectivity index (χ0) is 19.1. The number of amides is 2. The summed E-state index contributed by atoms with van der Waals surface area (Å²) in [6, 6.07) is 0.587. The van der Waals surface area contributed by atoms with Gasteiger partial charge in [0.05, 0.1) is 12.1 Å². The Labute approximate surface area is 155 Å². The van der Waals surface area contributed by atoms with E-state index in [0.29, 0.717) is 6.42 Å². The molecule has 2 unspecified atom stereocenters. The molecule has 0 bridgehead atoms. The zero-order valence-electron chi connectivity index (χ0n) is 16.3. The van der Waals surface area contributed by atoms with E-state index in [4.69, 9.17) is 0 Å². The molecule has 1 aromatic heterocycles. The van der Waals surface area contributed by atoms with E-state index < -0.39 is 0 Å². The largest absolute Gasteiger partial charge is 0.352 e. The number of aryl methyl sites for hydroxylation is 1. The minimum Gasteiger partial charge on any atom is -0.352 e. The predicted molar refractivity (Wildman–Crippen MR) is 101 cm³/mol. The Kier molecular flexibility index (Phi) is 4.95. The van der Waals surface area contributed by atoms with Gasteiger partial charge in [0.25, 0.3) is 0 Å². The van der Waals surface area contributed by atoms with Gasteiger partial charge in [-0.25, -0.2) is 0 Å². The summed E-state index contributed by atoms with van der Waals surface area (Å²) in [5.74, 6) is -0.0809. The van der Waals surface area contributed by atoms with Crippen LogP contribution < -0.4 is 10.6 Å². The fraction of sp³-hybridized carbons (Fsp3) is 0.650. The highest BCUT2D eigenvalue weighted by Crippen LogP contribution is 2.56. The number of carbonyl (C=O) groups is 2. The number of nitrogens with one attached hydrogen (secondary N) is 2. The van der Waals surface area contributed by atoms with Crippen molar-refractivity contribution in [3.05, 3.63) is 29.6 Å². The van der Waals surface area contributed by atoms with Crippen molar-refractivity contribution < 1.29 is 9.59 Å². The number of nitrogens with zero attached hydrogens (tertiary/aromatic N) is 2. The van der Waals surface area contributed by atoms with E-state index in [2.05, 4.69) is 36.2 Å². The fourth-order valence-corrected chi connectivity index (χ4v) is 4.57. The molecule has 142 valence electrons. The molecule has 2 N–H and O–H groups in total. The Bertz CT molecular complexity index is 730. The molecule has 0 aliphatic heterocycles. The van der Waals surface area contributed by atoms with Crippen molar-refractivity contribution in [2.45, 2.75) is 77.9 Å². The summed E-state index contributed by atoms with van der Waals surface area (Å²) in [4.78, 5) is 24.3. The van der Waals surface area contributed by atoms with Crippen molar-refractivity contribution in [3.8, 4) is 0 Å². The molecule has 1 heterocycles. The first-order chi connectivity index (χ1) is 12.3. The third-order valence-electron chi connectivity index (χ3n) is 6.28. The summed E-state index contributed by atoms with van der Waals surface area (Å²) in [6.07, 6.45) is 5.75. The molecule has 2 amide bonds. The molecular weight excluding hydrogens is 328 g/mol. The molecule has 3 rings (SSSR count). The van der Waals surface area contributed by atoms with E-state index in [1.807, 2.05) is 18.5 Å². The van der Waals surface area contributed by atoms with E-state index in [1.54, 1.807) is 0 Å². The molecule has 2 atom stereocenters. The average molecular weight is 358 g/mol. The van der Waals surface area contributed by atoms with Crippen molar-refractivity contribution in [2.75, 3.05) is 0 Å². The van der Waals surface area contributed by atoms with Crippen molar-refractivity contribution >= 4 is 11.8 Å². The van der Waals surface area contributed by atoms with Gasteiger partial charge in [-0.3, -0.25) is 14.3 Å². The molecule has 2 saturated carbocycles. The van der Waals surface area contributed by atoms with Crippen molar-refractivity contribution in [3.63, 3.8) is 0 Å². The summed E-state index contributed by atoms with van der Waals surface area (Å²) in [7, 11) is 0. The van der Waals surface area contributed by atoms with E-state index in [0.717, 1.165) is 42.6 Å². The maximum atomic E-state index is 12.7. The maximum absolute atomic E-state index is 12.7. The molecule has 6 nitrogen and oxygen atoms in total. The smallest absolute Gasteiger partial charge is 0.243 e. The van der Waals surface area contributed by atoms with Gasteiger partial charge in [0, 0.05) is 34.8 Å². The Morgan fingerprint density at radius 3 is 2.46 bits per heavy atom. The Hall–Kier alpha value is -2.11. The lowest BCUT2D eigenvalue weighted by atomic mass is 9.49. The van der Waals surface area contributed by atoms with Crippen molar-refractivity contribution in [2.24, 2.45) is 5.41 Å². The molecule has 2 fully saturated rings. The summed E-state index contributed by atoms with van der Waals surface area (Å²) < 4.78 is 1.98. The van der Waals surface area contributed by atoms with Crippen molar-refractivity contribution in [1.82, 2.24) is 20.4 Å². The topological polar surface area (TPSA) is 76.0 Å². The molecular formula is C20H30N4O2. The standard InChI is InChI=1S/C20H30N4O2/c1-6-18(25)21-16-11-17(20(16)8-7-9-20)22-19(26)10-15-13(4)23-24(12(2)3)14(15)5/h6,12,16-17H,1,7-11H2,2-5H3,(H,21,25)(H,22,26). The zero-order valence-corrected chi connectivity index (χ0v) is 16.3. The normalized spacial score (nSPS) is 23.3. The first kappa shape index (κ1) is 18.7. The summed E-state index contributed by atoms with van der Waals surface area (Å²) in [5, 5.41) is 10.8. The van der Waals surface area contributed by atoms with Crippen LogP contribution in [0.3, 0.4) is 0 Å². The lowest BCUT2D eigenvalue weighted by molar-refractivity contribution is -0.131. The van der Waals surface area contributed by atoms with Crippen LogP contribution in [0.2, 0.25) is 0 Å². The van der Waals surface area contributed by atoms with Crippen LogP contribution >= 0.6 is 0 Å². The van der Waals surface area contributed by atoms with Crippen LogP contribution in [0.4, 0.5) is 0 Å². The summed E-state index contributed by atoms with van der Waals surface area (Å²) in [6.45, 7) is 11.7. The van der Waals surface area contributed by atoms with Crippen LogP contribution in [0, 0.1) is 19.3 Å². The molecule has 0 saturated heterocycles. The highest BCUT2D eigenvalue weighted by molar-refractivity contribution is 5.87. The van der Waals surface area contributed by atoms with Crippen molar-refractivity contribution in [1.29, 1.82) is 0 Å². The molecule has 0 aromatic carbocycles. The molecule has 2 aliphatic carbocycles. The highest BCUT2D eigenvalue weighted by Gasteiger charge is 2.59. The van der Waals surface area contributed by atoms with Crippen LogP contribution in [-0.2, 0) is 16.0 Å². The Morgan fingerprint density at radius 2 is 1.96 bits per heavy atom. The van der Waals surface area contributed by atoms with Crippen LogP contribution in [0.15, 0.2) is 12.7 Å². The van der Waals surface area contributed by atoms with E-state index >= 15 is 0 Å². The molecule has 2 aliphatic rings. The third kappa shape index (κ3) is 3.06. The monoisotopic (exact) mass is 358 g/mol. The number of aromatic nitrogens is 2. The van der Waals surface area contributed by atoms with Crippen LogP contribution in [0.1, 0.15) is 62.5 Å². The number of rotatable bonds is 6. The Balaban J connectivity index is 1.63. The van der Waals surface area contributed by atoms with E-state index in [9.17, 15) is 9.59 Å². The third-order valence-corrected chi connectivity index (χ3v) is 6.28. The fourth-order valence-electron chi connectivity index (χ4n) is 4.57. The van der Waals surface area contributed by atoms with Gasteiger partial charge >= 0.3 is 0 Å². The van der Waals surface area contributed by atoms with Crippen LogP contribution in [0.25, 0.3) is 0 Å². The number of hydrogen-bond acceptors (Lipinski definition) is 3. The molecule has 26 heavy (non-hydrogen) atoms. The van der Waals surface area contributed by atoms with Gasteiger partial charge in [0.15, 0.2) is 0 Å². The first-order valence-electron chi connectivity index (χ1n) is 9.55. The SMILES string of the molecule is C=CC(=O)NC1CC(NC(=O)Cc2c(C)nn(C(C)C)c2C)C12CCC2. The predicted octanol–water partition coefficient (Wildman–Crippen LogP) is 2.35. The van der Waals surface area contributed by atoms with E-state index in [1.165, 1.54) is 6.08 Å². The van der Waals surface area contributed by atoms with Crippen LogP contribution in [-0.4, -0.2) is 33.7 Å². The van der Waals surface area contributed by atoms with E-state index in [-0.39, 0.29) is 35.4 Å². The number of carbonyl (C=O) groups excluding carboxylic acids is 2.